The number of aliphatic hydroxyl groups is 1. The minimum absolute atomic E-state index is 0.156. The average Bonchev–Trinajstić information content (AvgIpc) is 3.11. The van der Waals surface area contributed by atoms with Gasteiger partial charge in [-0.1, -0.05) is 0 Å². The molecule has 2 fully saturated rings. The van der Waals surface area contributed by atoms with Crippen molar-refractivity contribution in [1.82, 2.24) is 14.8 Å². The molecule has 28 heavy (non-hydrogen) atoms. The fraction of sp³-hybridized carbons (Fsp3) is 0.600. The summed E-state index contributed by atoms with van der Waals surface area (Å²) in [5, 5.41) is 10.2. The maximum Gasteiger partial charge on any atom is 0.199 e. The molecule has 4 rings (SSSR count). The van der Waals surface area contributed by atoms with E-state index in [9.17, 15) is 5.11 Å². The van der Waals surface area contributed by atoms with Gasteiger partial charge in [0.05, 0.1) is 36.3 Å². The number of hydrogen-bond acceptors (Lipinski definition) is 8. The summed E-state index contributed by atoms with van der Waals surface area (Å²) in [6.07, 6.45) is 4.33. The van der Waals surface area contributed by atoms with E-state index in [1.54, 1.807) is 20.0 Å². The number of nitrogens with zero attached hydrogens (tertiary/aromatic N) is 5. The summed E-state index contributed by atoms with van der Waals surface area (Å²) in [6, 6.07) is 4.00. The Hall–Kier alpha value is -2.16. The van der Waals surface area contributed by atoms with Gasteiger partial charge in [-0.25, -0.2) is 4.99 Å². The highest BCUT2D eigenvalue weighted by Crippen LogP contribution is 2.34. The molecule has 8 nitrogen and oxygen atoms in total. The second-order valence-corrected chi connectivity index (χ2v) is 8.06. The number of ether oxygens (including phenoxy) is 2. The molecule has 0 amide bonds. The first kappa shape index (κ1) is 19.2. The van der Waals surface area contributed by atoms with Crippen LogP contribution in [0.5, 0.6) is 0 Å². The lowest BCUT2D eigenvalue weighted by atomic mass is 10.1. The van der Waals surface area contributed by atoms with Crippen molar-refractivity contribution in [2.24, 2.45) is 4.99 Å². The lowest BCUT2D eigenvalue weighted by Crippen LogP contribution is -2.53. The average molecular weight is 387 g/mol. The van der Waals surface area contributed by atoms with E-state index < -0.39 is 5.60 Å². The topological polar surface area (TPSA) is 73.7 Å². The van der Waals surface area contributed by atoms with Crippen LogP contribution in [-0.4, -0.2) is 84.1 Å². The molecule has 1 aromatic heterocycles. The second kappa shape index (κ2) is 7.69. The van der Waals surface area contributed by atoms with Gasteiger partial charge >= 0.3 is 0 Å². The van der Waals surface area contributed by atoms with E-state index in [2.05, 4.69) is 25.8 Å². The van der Waals surface area contributed by atoms with Crippen LogP contribution in [-0.2, 0) is 9.47 Å². The maximum atomic E-state index is 10.2. The highest BCUT2D eigenvalue weighted by Gasteiger charge is 2.39. The van der Waals surface area contributed by atoms with E-state index in [1.165, 1.54) is 0 Å². The number of aliphatic imine (C=N–C) groups is 1. The van der Waals surface area contributed by atoms with Crippen LogP contribution in [0.25, 0.3) is 0 Å². The quantitative estimate of drug-likeness (QED) is 0.815. The van der Waals surface area contributed by atoms with Gasteiger partial charge in [0.1, 0.15) is 12.4 Å². The van der Waals surface area contributed by atoms with E-state index in [0.29, 0.717) is 13.2 Å². The number of pyridine rings is 1. The molecule has 1 N–H and O–H groups in total. The Kier molecular flexibility index (Phi) is 5.27. The Morgan fingerprint density at radius 2 is 2.07 bits per heavy atom. The zero-order chi connectivity index (χ0) is 19.7. The number of fused-ring (bicyclic) bond motifs is 1. The molecule has 0 bridgehead atoms. The summed E-state index contributed by atoms with van der Waals surface area (Å²) in [5.41, 5.74) is 1.21. The van der Waals surface area contributed by atoms with Crippen LogP contribution in [0.15, 0.2) is 41.0 Å². The Balaban J connectivity index is 1.69. The molecule has 0 aromatic carbocycles. The molecule has 4 heterocycles. The molecule has 1 atom stereocenters. The van der Waals surface area contributed by atoms with Crippen molar-refractivity contribution in [3.05, 3.63) is 36.0 Å². The van der Waals surface area contributed by atoms with Gasteiger partial charge in [0.25, 0.3) is 0 Å². The van der Waals surface area contributed by atoms with Crippen LogP contribution in [0, 0.1) is 0 Å². The van der Waals surface area contributed by atoms with Crippen LogP contribution in [0.1, 0.15) is 20.3 Å². The minimum Gasteiger partial charge on any atom is -0.476 e. The van der Waals surface area contributed by atoms with Gasteiger partial charge in [-0.05, 0) is 32.4 Å². The predicted molar refractivity (Wildman–Crippen MR) is 107 cm³/mol. The third-order valence-electron chi connectivity index (χ3n) is 5.17. The van der Waals surface area contributed by atoms with Gasteiger partial charge in [0.2, 0.25) is 0 Å². The van der Waals surface area contributed by atoms with E-state index in [4.69, 9.17) is 14.5 Å². The molecule has 152 valence electrons. The monoisotopic (exact) mass is 387 g/mol. The molecule has 0 aliphatic carbocycles. The molecule has 8 heteroatoms. The Bertz CT molecular complexity index is 753. The summed E-state index contributed by atoms with van der Waals surface area (Å²) < 4.78 is 11.7. The van der Waals surface area contributed by atoms with Crippen molar-refractivity contribution in [3.63, 3.8) is 0 Å². The van der Waals surface area contributed by atoms with Crippen LogP contribution >= 0.6 is 0 Å². The van der Waals surface area contributed by atoms with Crippen LogP contribution in [0.4, 0.5) is 5.69 Å². The normalized spacial score (nSPS) is 23.7. The summed E-state index contributed by atoms with van der Waals surface area (Å²) in [4.78, 5) is 16.0. The fourth-order valence-corrected chi connectivity index (χ4v) is 3.80. The first-order valence-corrected chi connectivity index (χ1v) is 9.83. The number of aromatic nitrogens is 1. The second-order valence-electron chi connectivity index (χ2n) is 8.06. The van der Waals surface area contributed by atoms with Gasteiger partial charge in [-0.2, -0.15) is 0 Å². The Morgan fingerprint density at radius 3 is 2.75 bits per heavy atom. The number of hydrogen-bond donors (Lipinski definition) is 1. The lowest BCUT2D eigenvalue weighted by molar-refractivity contribution is -0.0549. The molecule has 1 aromatic rings. The molecule has 3 aliphatic heterocycles. The van der Waals surface area contributed by atoms with Crippen molar-refractivity contribution >= 4 is 11.5 Å². The zero-order valence-electron chi connectivity index (χ0n) is 16.8. The van der Waals surface area contributed by atoms with Crippen LogP contribution in [0.3, 0.4) is 0 Å². The third kappa shape index (κ3) is 3.85. The van der Waals surface area contributed by atoms with E-state index in [0.717, 1.165) is 49.0 Å². The van der Waals surface area contributed by atoms with Crippen molar-refractivity contribution < 1.29 is 14.6 Å². The fourth-order valence-electron chi connectivity index (χ4n) is 3.80. The molecule has 0 spiro atoms. The first-order valence-electron chi connectivity index (χ1n) is 9.83. The van der Waals surface area contributed by atoms with Crippen LogP contribution in [0.2, 0.25) is 0 Å². The smallest absolute Gasteiger partial charge is 0.199 e. The third-order valence-corrected chi connectivity index (χ3v) is 5.17. The largest absolute Gasteiger partial charge is 0.476 e. The number of morpholine rings is 1. The standard InChI is InChI=1S/C20H29N5O3/c1-20(2,26)14-28-18-16-6-8-25(15-5-4-7-21-13-15)17(16)22-19(23(18)3)24-9-11-27-12-10-24/h4-5,7,13,19,26H,6,8-12,14H2,1-3H3. The van der Waals surface area contributed by atoms with Gasteiger partial charge < -0.3 is 24.4 Å². The minimum atomic E-state index is -0.904. The van der Waals surface area contributed by atoms with Gasteiger partial charge in [0, 0.05) is 32.9 Å². The summed E-state index contributed by atoms with van der Waals surface area (Å²) in [5.74, 6) is 1.74. The van der Waals surface area contributed by atoms with E-state index in [1.807, 2.05) is 19.3 Å². The molecule has 1 unspecified atom stereocenters. The first-order chi connectivity index (χ1) is 13.4. The van der Waals surface area contributed by atoms with Crippen LogP contribution < -0.4 is 4.90 Å². The summed E-state index contributed by atoms with van der Waals surface area (Å²) in [6.45, 7) is 7.64. The highest BCUT2D eigenvalue weighted by atomic mass is 16.5. The van der Waals surface area contributed by atoms with Gasteiger partial charge in [-0.3, -0.25) is 9.88 Å². The Labute approximate surface area is 166 Å². The van der Waals surface area contributed by atoms with Gasteiger partial charge in [0.15, 0.2) is 12.2 Å². The van der Waals surface area contributed by atoms with Crippen molar-refractivity contribution in [2.45, 2.75) is 32.2 Å². The molecule has 3 aliphatic rings. The Morgan fingerprint density at radius 1 is 1.29 bits per heavy atom. The maximum absolute atomic E-state index is 10.2. The molecule has 0 saturated carbocycles. The highest BCUT2D eigenvalue weighted by molar-refractivity contribution is 6.12. The predicted octanol–water partition coefficient (Wildman–Crippen LogP) is 1.25. The molecule has 2 saturated heterocycles. The molecular weight excluding hydrogens is 358 g/mol. The van der Waals surface area contributed by atoms with Gasteiger partial charge in [-0.15, -0.1) is 0 Å². The van der Waals surface area contributed by atoms with Crippen molar-refractivity contribution in [2.75, 3.05) is 51.4 Å². The van der Waals surface area contributed by atoms with E-state index in [-0.39, 0.29) is 12.9 Å². The van der Waals surface area contributed by atoms with E-state index >= 15 is 0 Å². The number of rotatable bonds is 5. The van der Waals surface area contributed by atoms with Crippen molar-refractivity contribution in [1.29, 1.82) is 0 Å². The molecule has 0 radical (unpaired) electrons. The zero-order valence-corrected chi connectivity index (χ0v) is 16.8. The van der Waals surface area contributed by atoms with Crippen molar-refractivity contribution in [3.8, 4) is 0 Å². The number of anilines is 1. The SMILES string of the molecule is CN1C(OCC(C)(C)O)=C2CCN(c3cccnc3)C2=NC1N1CCOCC1. The number of amidine groups is 1. The summed E-state index contributed by atoms with van der Waals surface area (Å²) in [7, 11) is 2.01. The summed E-state index contributed by atoms with van der Waals surface area (Å²) >= 11 is 0. The molecular formula is C20H29N5O3. The lowest BCUT2D eigenvalue weighted by Gasteiger charge is -2.42.